The molecular formula is C16H20N2O2. The van der Waals surface area contributed by atoms with Crippen LogP contribution in [0, 0.1) is 0 Å². The average Bonchev–Trinajstić information content (AvgIpc) is 2.88. The molecule has 1 aliphatic heterocycles. The lowest BCUT2D eigenvalue weighted by Gasteiger charge is -2.26. The smallest absolute Gasteiger partial charge is 0.335 e. The molecule has 1 aromatic heterocycles. The number of benzene rings is 1. The summed E-state index contributed by atoms with van der Waals surface area (Å²) < 4.78 is 2.22. The first kappa shape index (κ1) is 13.2. The zero-order valence-electron chi connectivity index (χ0n) is 11.6. The standard InChI is InChI=1S/C16H20N2O2/c19-16(20)14-4-5-15-13(12-14)6-9-18(15)11-10-17-7-2-1-3-8-17/h4-6,9,12H,1-3,7-8,10-11H2,(H,19,20). The van der Waals surface area contributed by atoms with Gasteiger partial charge in [0.1, 0.15) is 0 Å². The molecule has 0 spiro atoms. The molecule has 0 unspecified atom stereocenters. The Morgan fingerprint density at radius 3 is 2.65 bits per heavy atom. The number of hydrogen-bond donors (Lipinski definition) is 1. The molecular weight excluding hydrogens is 252 g/mol. The maximum atomic E-state index is 11.0. The third kappa shape index (κ3) is 2.70. The summed E-state index contributed by atoms with van der Waals surface area (Å²) >= 11 is 0. The summed E-state index contributed by atoms with van der Waals surface area (Å²) in [4.78, 5) is 13.5. The predicted octanol–water partition coefficient (Wildman–Crippen LogP) is 2.83. The van der Waals surface area contributed by atoms with E-state index >= 15 is 0 Å². The number of hydrogen-bond acceptors (Lipinski definition) is 2. The molecule has 106 valence electrons. The highest BCUT2D eigenvalue weighted by Gasteiger charge is 2.11. The average molecular weight is 272 g/mol. The van der Waals surface area contributed by atoms with Gasteiger partial charge in [-0.15, -0.1) is 0 Å². The van der Waals surface area contributed by atoms with E-state index in [1.54, 1.807) is 12.1 Å². The number of piperidine rings is 1. The number of rotatable bonds is 4. The fourth-order valence-electron chi connectivity index (χ4n) is 2.96. The predicted molar refractivity (Wildman–Crippen MR) is 79.2 cm³/mol. The second-order valence-corrected chi connectivity index (χ2v) is 5.49. The highest BCUT2D eigenvalue weighted by molar-refractivity contribution is 5.93. The number of aromatic nitrogens is 1. The summed E-state index contributed by atoms with van der Waals surface area (Å²) in [5.41, 5.74) is 1.47. The number of carboxylic acids is 1. The summed E-state index contributed by atoms with van der Waals surface area (Å²) in [6, 6.07) is 7.34. The molecule has 0 amide bonds. The van der Waals surface area contributed by atoms with Gasteiger partial charge in [-0.25, -0.2) is 4.79 Å². The quantitative estimate of drug-likeness (QED) is 0.931. The highest BCUT2D eigenvalue weighted by atomic mass is 16.4. The van der Waals surface area contributed by atoms with Crippen molar-refractivity contribution in [1.29, 1.82) is 0 Å². The van der Waals surface area contributed by atoms with Crippen LogP contribution in [0.3, 0.4) is 0 Å². The molecule has 1 N–H and O–H groups in total. The Morgan fingerprint density at radius 1 is 1.10 bits per heavy atom. The molecule has 2 heterocycles. The lowest BCUT2D eigenvalue weighted by atomic mass is 10.1. The Labute approximate surface area is 118 Å². The number of carboxylic acid groups (broad SMARTS) is 1. The van der Waals surface area contributed by atoms with Crippen LogP contribution in [0.2, 0.25) is 0 Å². The molecule has 0 atom stereocenters. The van der Waals surface area contributed by atoms with E-state index in [0.29, 0.717) is 5.56 Å². The van der Waals surface area contributed by atoms with E-state index in [9.17, 15) is 4.79 Å². The Kier molecular flexibility index (Phi) is 3.74. The number of aromatic carboxylic acids is 1. The first-order valence-corrected chi connectivity index (χ1v) is 7.28. The van der Waals surface area contributed by atoms with Crippen LogP contribution in [0.15, 0.2) is 30.5 Å². The van der Waals surface area contributed by atoms with E-state index in [2.05, 4.69) is 15.7 Å². The van der Waals surface area contributed by atoms with E-state index in [1.807, 2.05) is 12.1 Å². The minimum Gasteiger partial charge on any atom is -0.478 e. The van der Waals surface area contributed by atoms with Crippen molar-refractivity contribution in [2.24, 2.45) is 0 Å². The van der Waals surface area contributed by atoms with Crippen LogP contribution in [0.5, 0.6) is 0 Å². The van der Waals surface area contributed by atoms with Gasteiger partial charge in [0.2, 0.25) is 0 Å². The third-order valence-corrected chi connectivity index (χ3v) is 4.12. The number of fused-ring (bicyclic) bond motifs is 1. The molecule has 4 nitrogen and oxygen atoms in total. The van der Waals surface area contributed by atoms with Crippen molar-refractivity contribution in [3.8, 4) is 0 Å². The number of likely N-dealkylation sites (tertiary alicyclic amines) is 1. The van der Waals surface area contributed by atoms with Crippen molar-refractivity contribution in [2.45, 2.75) is 25.8 Å². The van der Waals surface area contributed by atoms with E-state index in [1.165, 1.54) is 32.4 Å². The van der Waals surface area contributed by atoms with E-state index in [-0.39, 0.29) is 0 Å². The highest BCUT2D eigenvalue weighted by Crippen LogP contribution is 2.18. The van der Waals surface area contributed by atoms with Crippen LogP contribution < -0.4 is 0 Å². The van der Waals surface area contributed by atoms with E-state index < -0.39 is 5.97 Å². The summed E-state index contributed by atoms with van der Waals surface area (Å²) in [6.45, 7) is 4.46. The maximum Gasteiger partial charge on any atom is 0.335 e. The van der Waals surface area contributed by atoms with Gasteiger partial charge < -0.3 is 14.6 Å². The second kappa shape index (κ2) is 5.67. The van der Waals surface area contributed by atoms with Crippen LogP contribution in [-0.4, -0.2) is 40.2 Å². The molecule has 3 rings (SSSR count). The van der Waals surface area contributed by atoms with Gasteiger partial charge >= 0.3 is 5.97 Å². The van der Waals surface area contributed by atoms with Crippen molar-refractivity contribution < 1.29 is 9.90 Å². The van der Waals surface area contributed by atoms with Crippen LogP contribution in [0.25, 0.3) is 10.9 Å². The molecule has 1 fully saturated rings. The van der Waals surface area contributed by atoms with Gasteiger partial charge in [-0.05, 0) is 50.2 Å². The minimum absolute atomic E-state index is 0.353. The molecule has 0 radical (unpaired) electrons. The lowest BCUT2D eigenvalue weighted by molar-refractivity contribution is 0.0697. The van der Waals surface area contributed by atoms with E-state index in [4.69, 9.17) is 5.11 Å². The van der Waals surface area contributed by atoms with Gasteiger partial charge in [0.05, 0.1) is 5.56 Å². The minimum atomic E-state index is -0.868. The van der Waals surface area contributed by atoms with Crippen molar-refractivity contribution in [2.75, 3.05) is 19.6 Å². The summed E-state index contributed by atoms with van der Waals surface area (Å²) in [5, 5.41) is 10.0. The third-order valence-electron chi connectivity index (χ3n) is 4.12. The maximum absolute atomic E-state index is 11.0. The molecule has 0 aliphatic carbocycles. The Hall–Kier alpha value is -1.81. The molecule has 1 aromatic carbocycles. The van der Waals surface area contributed by atoms with Gasteiger partial charge in [0.15, 0.2) is 0 Å². The molecule has 2 aromatic rings. The Balaban J connectivity index is 1.73. The fourth-order valence-corrected chi connectivity index (χ4v) is 2.96. The lowest BCUT2D eigenvalue weighted by Crippen LogP contribution is -2.32. The van der Waals surface area contributed by atoms with Crippen LogP contribution in [-0.2, 0) is 6.54 Å². The molecule has 20 heavy (non-hydrogen) atoms. The fraction of sp³-hybridized carbons (Fsp3) is 0.438. The van der Waals surface area contributed by atoms with Crippen molar-refractivity contribution >= 4 is 16.9 Å². The topological polar surface area (TPSA) is 45.5 Å². The Bertz CT molecular complexity index is 612. The summed E-state index contributed by atoms with van der Waals surface area (Å²) in [7, 11) is 0. The van der Waals surface area contributed by atoms with E-state index in [0.717, 1.165) is 24.0 Å². The SMILES string of the molecule is O=C(O)c1ccc2c(ccn2CCN2CCCCC2)c1. The first-order valence-electron chi connectivity index (χ1n) is 7.28. The van der Waals surface area contributed by atoms with Crippen molar-refractivity contribution in [3.05, 3.63) is 36.0 Å². The monoisotopic (exact) mass is 272 g/mol. The van der Waals surface area contributed by atoms with Gasteiger partial charge in [-0.2, -0.15) is 0 Å². The zero-order valence-corrected chi connectivity index (χ0v) is 11.6. The van der Waals surface area contributed by atoms with Gasteiger partial charge in [0.25, 0.3) is 0 Å². The largest absolute Gasteiger partial charge is 0.478 e. The first-order chi connectivity index (χ1) is 9.74. The molecule has 1 saturated heterocycles. The number of carbonyl (C=O) groups is 1. The Morgan fingerprint density at radius 2 is 1.90 bits per heavy atom. The van der Waals surface area contributed by atoms with Crippen LogP contribution in [0.4, 0.5) is 0 Å². The van der Waals surface area contributed by atoms with Gasteiger partial charge in [-0.1, -0.05) is 6.42 Å². The summed E-state index contributed by atoms with van der Waals surface area (Å²) in [6.07, 6.45) is 6.05. The van der Waals surface area contributed by atoms with Gasteiger partial charge in [0, 0.05) is 30.2 Å². The van der Waals surface area contributed by atoms with Crippen molar-refractivity contribution in [1.82, 2.24) is 9.47 Å². The molecule has 1 aliphatic rings. The summed E-state index contributed by atoms with van der Waals surface area (Å²) in [5.74, 6) is -0.868. The number of nitrogens with zero attached hydrogens (tertiary/aromatic N) is 2. The molecule has 0 saturated carbocycles. The molecule has 4 heteroatoms. The second-order valence-electron chi connectivity index (χ2n) is 5.49. The van der Waals surface area contributed by atoms with Gasteiger partial charge in [-0.3, -0.25) is 0 Å². The zero-order chi connectivity index (χ0) is 13.9. The van der Waals surface area contributed by atoms with Crippen molar-refractivity contribution in [3.63, 3.8) is 0 Å². The van der Waals surface area contributed by atoms with Crippen LogP contribution >= 0.6 is 0 Å². The molecule has 0 bridgehead atoms. The normalized spacial score (nSPS) is 16.6. The van der Waals surface area contributed by atoms with Crippen LogP contribution in [0.1, 0.15) is 29.6 Å².